The van der Waals surface area contributed by atoms with Gasteiger partial charge in [0.05, 0.1) is 5.92 Å². The lowest BCUT2D eigenvalue weighted by atomic mass is 10.1. The summed E-state index contributed by atoms with van der Waals surface area (Å²) < 4.78 is 0. The van der Waals surface area contributed by atoms with Gasteiger partial charge >= 0.3 is 0 Å². The van der Waals surface area contributed by atoms with Gasteiger partial charge in [0, 0.05) is 36.8 Å². The molecule has 0 bridgehead atoms. The number of hydrogen-bond donors (Lipinski definition) is 0. The van der Waals surface area contributed by atoms with Crippen LogP contribution in [0.5, 0.6) is 0 Å². The molecule has 0 saturated carbocycles. The Balaban J connectivity index is 1.74. The van der Waals surface area contributed by atoms with Crippen molar-refractivity contribution in [1.82, 2.24) is 4.90 Å². The number of benzene rings is 1. The highest BCUT2D eigenvalue weighted by atomic mass is 35.5. The first kappa shape index (κ1) is 14.4. The van der Waals surface area contributed by atoms with Crippen LogP contribution >= 0.6 is 11.6 Å². The molecule has 0 aromatic heterocycles. The first-order valence-corrected chi connectivity index (χ1v) is 7.79. The molecule has 1 atom stereocenters. The number of aryl methyl sites for hydroxylation is 1. The van der Waals surface area contributed by atoms with Crippen LogP contribution in [-0.2, 0) is 9.59 Å². The average molecular weight is 307 g/mol. The lowest BCUT2D eigenvalue weighted by Crippen LogP contribution is -2.35. The topological polar surface area (TPSA) is 40.6 Å². The average Bonchev–Trinajstić information content (AvgIpc) is 3.10. The van der Waals surface area contributed by atoms with E-state index in [-0.39, 0.29) is 17.7 Å². The monoisotopic (exact) mass is 306 g/mol. The van der Waals surface area contributed by atoms with Crippen molar-refractivity contribution in [2.24, 2.45) is 5.92 Å². The Hall–Kier alpha value is -1.55. The Morgan fingerprint density at radius 3 is 2.67 bits per heavy atom. The number of amides is 2. The van der Waals surface area contributed by atoms with Gasteiger partial charge in [0.25, 0.3) is 0 Å². The van der Waals surface area contributed by atoms with Crippen molar-refractivity contribution < 1.29 is 9.59 Å². The van der Waals surface area contributed by atoms with Crippen molar-refractivity contribution in [2.45, 2.75) is 26.2 Å². The number of carbonyl (C=O) groups excluding carboxylic acids is 2. The van der Waals surface area contributed by atoms with Crippen molar-refractivity contribution in [3.63, 3.8) is 0 Å². The highest BCUT2D eigenvalue weighted by molar-refractivity contribution is 6.31. The molecule has 21 heavy (non-hydrogen) atoms. The zero-order valence-electron chi connectivity index (χ0n) is 12.1. The summed E-state index contributed by atoms with van der Waals surface area (Å²) in [6.45, 7) is 4.06. The molecule has 5 heteroatoms. The maximum Gasteiger partial charge on any atom is 0.228 e. The van der Waals surface area contributed by atoms with Crippen molar-refractivity contribution >= 4 is 29.1 Å². The molecule has 1 aromatic rings. The van der Waals surface area contributed by atoms with Crippen LogP contribution in [0.25, 0.3) is 0 Å². The third-order valence-electron chi connectivity index (χ3n) is 4.36. The molecule has 3 rings (SSSR count). The summed E-state index contributed by atoms with van der Waals surface area (Å²) in [5, 5.41) is 0.648. The molecule has 2 fully saturated rings. The molecule has 2 heterocycles. The second-order valence-electron chi connectivity index (χ2n) is 5.87. The molecule has 2 saturated heterocycles. The van der Waals surface area contributed by atoms with Crippen LogP contribution in [0.2, 0.25) is 5.02 Å². The summed E-state index contributed by atoms with van der Waals surface area (Å²) in [6.07, 6.45) is 2.45. The number of halogens is 1. The number of likely N-dealkylation sites (tertiary alicyclic amines) is 1. The molecule has 1 aromatic carbocycles. The van der Waals surface area contributed by atoms with E-state index >= 15 is 0 Å². The van der Waals surface area contributed by atoms with Crippen molar-refractivity contribution in [3.8, 4) is 0 Å². The Morgan fingerprint density at radius 1 is 1.29 bits per heavy atom. The van der Waals surface area contributed by atoms with E-state index < -0.39 is 0 Å². The highest BCUT2D eigenvalue weighted by Gasteiger charge is 2.37. The molecular weight excluding hydrogens is 288 g/mol. The first-order chi connectivity index (χ1) is 10.1. The minimum Gasteiger partial charge on any atom is -0.342 e. The third kappa shape index (κ3) is 2.77. The van der Waals surface area contributed by atoms with Gasteiger partial charge in [-0.05, 0) is 37.5 Å². The van der Waals surface area contributed by atoms with Gasteiger partial charge in [0.15, 0.2) is 0 Å². The fraction of sp³-hybridized carbons (Fsp3) is 0.500. The van der Waals surface area contributed by atoms with E-state index in [1.807, 2.05) is 24.0 Å². The number of carbonyl (C=O) groups is 2. The van der Waals surface area contributed by atoms with Crippen molar-refractivity contribution in [2.75, 3.05) is 24.5 Å². The van der Waals surface area contributed by atoms with Crippen LogP contribution in [-0.4, -0.2) is 36.3 Å². The summed E-state index contributed by atoms with van der Waals surface area (Å²) in [4.78, 5) is 28.2. The Labute approximate surface area is 129 Å². The summed E-state index contributed by atoms with van der Waals surface area (Å²) in [5.41, 5.74) is 1.77. The summed E-state index contributed by atoms with van der Waals surface area (Å²) in [6, 6.07) is 5.60. The molecular formula is C16H19ClN2O2. The van der Waals surface area contributed by atoms with E-state index in [4.69, 9.17) is 11.6 Å². The number of rotatable bonds is 2. The standard InChI is InChI=1S/C16H19ClN2O2/c1-11-4-5-13(9-14(11)17)19-10-12(8-15(19)20)16(21)18-6-2-3-7-18/h4-5,9,12H,2-3,6-8,10H2,1H3/t12-/m1/s1. The fourth-order valence-corrected chi connectivity index (χ4v) is 3.24. The highest BCUT2D eigenvalue weighted by Crippen LogP contribution is 2.30. The molecule has 0 radical (unpaired) electrons. The van der Waals surface area contributed by atoms with Crippen LogP contribution in [0.15, 0.2) is 18.2 Å². The summed E-state index contributed by atoms with van der Waals surface area (Å²) >= 11 is 6.13. The van der Waals surface area contributed by atoms with Gasteiger partial charge < -0.3 is 9.80 Å². The molecule has 0 unspecified atom stereocenters. The summed E-state index contributed by atoms with van der Waals surface area (Å²) in [7, 11) is 0. The van der Waals surface area contributed by atoms with E-state index in [0.29, 0.717) is 18.0 Å². The molecule has 0 aliphatic carbocycles. The van der Waals surface area contributed by atoms with Crippen LogP contribution in [0, 0.1) is 12.8 Å². The van der Waals surface area contributed by atoms with Crippen LogP contribution in [0.3, 0.4) is 0 Å². The Bertz CT molecular complexity index is 582. The minimum atomic E-state index is -0.212. The molecule has 2 aliphatic rings. The zero-order valence-corrected chi connectivity index (χ0v) is 12.9. The lowest BCUT2D eigenvalue weighted by Gasteiger charge is -2.20. The second kappa shape index (κ2) is 5.68. The van der Waals surface area contributed by atoms with Crippen molar-refractivity contribution in [1.29, 1.82) is 0 Å². The summed E-state index contributed by atoms with van der Waals surface area (Å²) in [5.74, 6) is -0.0790. The van der Waals surface area contributed by atoms with E-state index in [1.165, 1.54) is 0 Å². The SMILES string of the molecule is Cc1ccc(N2C[C@H](C(=O)N3CCCC3)CC2=O)cc1Cl. The molecule has 2 amide bonds. The maximum absolute atomic E-state index is 12.4. The fourth-order valence-electron chi connectivity index (χ4n) is 3.07. The van der Waals surface area contributed by atoms with Gasteiger partial charge in [-0.1, -0.05) is 17.7 Å². The predicted octanol–water partition coefficient (Wildman–Crippen LogP) is 2.62. The number of nitrogens with zero attached hydrogens (tertiary/aromatic N) is 2. The van der Waals surface area contributed by atoms with Gasteiger partial charge in [-0.15, -0.1) is 0 Å². The van der Waals surface area contributed by atoms with E-state index in [1.54, 1.807) is 11.0 Å². The van der Waals surface area contributed by atoms with Crippen molar-refractivity contribution in [3.05, 3.63) is 28.8 Å². The van der Waals surface area contributed by atoms with Gasteiger partial charge in [-0.25, -0.2) is 0 Å². The zero-order chi connectivity index (χ0) is 15.0. The van der Waals surface area contributed by atoms with Gasteiger partial charge in [0.1, 0.15) is 0 Å². The number of anilines is 1. The van der Waals surface area contributed by atoms with E-state index in [9.17, 15) is 9.59 Å². The third-order valence-corrected chi connectivity index (χ3v) is 4.77. The largest absolute Gasteiger partial charge is 0.342 e. The Kier molecular flexibility index (Phi) is 3.89. The van der Waals surface area contributed by atoms with Gasteiger partial charge in [-0.3, -0.25) is 9.59 Å². The van der Waals surface area contributed by atoms with Crippen LogP contribution in [0.4, 0.5) is 5.69 Å². The predicted molar refractivity (Wildman–Crippen MR) is 82.5 cm³/mol. The van der Waals surface area contributed by atoms with Gasteiger partial charge in [0.2, 0.25) is 11.8 Å². The normalized spacial score (nSPS) is 22.2. The molecule has 2 aliphatic heterocycles. The first-order valence-electron chi connectivity index (χ1n) is 7.41. The number of hydrogen-bond acceptors (Lipinski definition) is 2. The van der Waals surface area contributed by atoms with E-state index in [2.05, 4.69) is 0 Å². The Morgan fingerprint density at radius 2 is 2.00 bits per heavy atom. The smallest absolute Gasteiger partial charge is 0.228 e. The quantitative estimate of drug-likeness (QED) is 0.843. The second-order valence-corrected chi connectivity index (χ2v) is 6.28. The van der Waals surface area contributed by atoms with E-state index in [0.717, 1.165) is 37.2 Å². The molecule has 112 valence electrons. The molecule has 0 spiro atoms. The minimum absolute atomic E-state index is 0.00691. The van der Waals surface area contributed by atoms with Crippen LogP contribution < -0.4 is 4.90 Å². The van der Waals surface area contributed by atoms with Crippen LogP contribution in [0.1, 0.15) is 24.8 Å². The van der Waals surface area contributed by atoms with Gasteiger partial charge in [-0.2, -0.15) is 0 Å². The molecule has 0 N–H and O–H groups in total. The molecule has 4 nitrogen and oxygen atoms in total. The maximum atomic E-state index is 12.4. The lowest BCUT2D eigenvalue weighted by molar-refractivity contribution is -0.134.